The molecule has 1 aliphatic heterocycles. The smallest absolute Gasteiger partial charge is 0.240 e. The fourth-order valence-electron chi connectivity index (χ4n) is 6.44. The van der Waals surface area contributed by atoms with Gasteiger partial charge in [-0.15, -0.1) is 5.10 Å². The van der Waals surface area contributed by atoms with Crippen molar-refractivity contribution in [3.8, 4) is 22.4 Å². The van der Waals surface area contributed by atoms with E-state index >= 15 is 0 Å². The van der Waals surface area contributed by atoms with E-state index in [4.69, 9.17) is 4.52 Å². The van der Waals surface area contributed by atoms with E-state index in [-0.39, 0.29) is 22.4 Å². The average molecular weight is 646 g/mol. The highest BCUT2D eigenvalue weighted by atomic mass is 32.2. The van der Waals surface area contributed by atoms with E-state index in [1.807, 2.05) is 24.7 Å². The third-order valence-corrected chi connectivity index (χ3v) is 10.6. The molecule has 13 heteroatoms. The molecule has 2 aromatic carbocycles. The lowest BCUT2D eigenvalue weighted by Crippen LogP contribution is -2.40. The molecule has 0 bridgehead atoms. The second-order valence-electron chi connectivity index (χ2n) is 12.4. The monoisotopic (exact) mass is 645 g/mol. The van der Waals surface area contributed by atoms with E-state index < -0.39 is 10.0 Å². The Kier molecular flexibility index (Phi) is 8.07. The van der Waals surface area contributed by atoms with E-state index in [2.05, 4.69) is 30.1 Å². The van der Waals surface area contributed by atoms with Gasteiger partial charge in [0, 0.05) is 47.6 Å². The molecule has 2 aliphatic rings. The lowest BCUT2D eigenvalue weighted by molar-refractivity contribution is 0.0964. The molecule has 1 saturated carbocycles. The summed E-state index contributed by atoms with van der Waals surface area (Å²) in [4.78, 5) is 18.7. The number of ketones is 1. The number of halogens is 1. The first-order valence-corrected chi connectivity index (χ1v) is 17.2. The van der Waals surface area contributed by atoms with Crippen LogP contribution in [0.1, 0.15) is 47.6 Å². The Bertz CT molecular complexity index is 1980. The summed E-state index contributed by atoms with van der Waals surface area (Å²) in [5.41, 5.74) is 4.87. The Morgan fingerprint density at radius 1 is 1.07 bits per heavy atom. The van der Waals surface area contributed by atoms with E-state index in [9.17, 15) is 17.6 Å². The molecule has 0 unspecified atom stereocenters. The molecule has 11 nitrogen and oxygen atoms in total. The van der Waals surface area contributed by atoms with Crippen molar-refractivity contribution >= 4 is 26.7 Å². The molecule has 240 valence electrons. The minimum Gasteiger partial charge on any atom is -0.361 e. The Hall–Kier alpha value is -4.20. The molecule has 46 heavy (non-hydrogen) atoms. The molecule has 0 amide bonds. The van der Waals surface area contributed by atoms with Crippen LogP contribution in [0.15, 0.2) is 58.1 Å². The van der Waals surface area contributed by atoms with Crippen molar-refractivity contribution in [2.24, 2.45) is 11.8 Å². The number of aromatic nitrogens is 5. The predicted octanol–water partition coefficient (Wildman–Crippen LogP) is 5.12. The second kappa shape index (κ2) is 12.2. The number of carbonyl (C=O) groups is 1. The minimum absolute atomic E-state index is 0.0126. The van der Waals surface area contributed by atoms with Crippen LogP contribution in [0.3, 0.4) is 0 Å². The van der Waals surface area contributed by atoms with Gasteiger partial charge in [-0.25, -0.2) is 17.5 Å². The largest absolute Gasteiger partial charge is 0.361 e. The number of carbonyl (C=O) groups excluding carboxylic acids is 1. The Morgan fingerprint density at radius 2 is 1.83 bits per heavy atom. The summed E-state index contributed by atoms with van der Waals surface area (Å²) >= 11 is 0. The quantitative estimate of drug-likeness (QED) is 0.189. The van der Waals surface area contributed by atoms with Gasteiger partial charge in [-0.3, -0.25) is 9.48 Å². The van der Waals surface area contributed by atoms with Gasteiger partial charge in [0.05, 0.1) is 22.5 Å². The summed E-state index contributed by atoms with van der Waals surface area (Å²) in [6, 6.07) is 11.2. The van der Waals surface area contributed by atoms with Gasteiger partial charge in [-0.1, -0.05) is 22.5 Å². The lowest BCUT2D eigenvalue weighted by atomic mass is 9.97. The third-order valence-electron chi connectivity index (χ3n) is 9.11. The molecular weight excluding hydrogens is 609 g/mol. The molecule has 5 aromatic rings. The molecule has 2 fully saturated rings. The summed E-state index contributed by atoms with van der Waals surface area (Å²) in [6.45, 7) is 7.00. The number of H-pyrrole nitrogens is 1. The first-order chi connectivity index (χ1) is 22.2. The van der Waals surface area contributed by atoms with Crippen molar-refractivity contribution in [2.75, 3.05) is 26.2 Å². The first kappa shape index (κ1) is 30.5. The normalized spacial score (nSPS) is 16.4. The van der Waals surface area contributed by atoms with E-state index in [0.717, 1.165) is 55.6 Å². The number of hydrogen-bond acceptors (Lipinski definition) is 8. The summed E-state index contributed by atoms with van der Waals surface area (Å²) in [5.74, 6) is 0.764. The van der Waals surface area contributed by atoms with Gasteiger partial charge < -0.3 is 14.4 Å². The average Bonchev–Trinajstić information content (AvgIpc) is 3.55. The van der Waals surface area contributed by atoms with Gasteiger partial charge >= 0.3 is 0 Å². The standard InChI is InChI=1S/C33H36FN7O4S/c1-20-30(21(2)45-38-20)23-5-8-26(9-6-23)46(43,44)35-13-16-40-14-11-22(12-15-40)18-41-19-29(37-39-41)31-27-17-25(34)7-10-28(27)36-32(31)33(42)24-3-4-24/h5-10,17,19,22,24,35-36H,3-4,11-16,18H2,1-2H3. The topological polar surface area (TPSA) is 139 Å². The fraction of sp³-hybridized carbons (Fsp3) is 0.394. The SMILES string of the molecule is Cc1noc(C)c1-c1ccc(S(=O)(=O)NCCN2CCC(Cn3cc(-c4c(C(=O)C5CC5)[nH]c5ccc(F)cc45)nn3)CC2)cc1. The number of sulfonamides is 1. The molecule has 3 aromatic heterocycles. The van der Waals surface area contributed by atoms with Gasteiger partial charge in [-0.2, -0.15) is 0 Å². The third kappa shape index (κ3) is 6.14. The second-order valence-corrected chi connectivity index (χ2v) is 14.2. The summed E-state index contributed by atoms with van der Waals surface area (Å²) in [6.07, 6.45) is 5.47. The molecule has 0 radical (unpaired) electrons. The Labute approximate surface area is 266 Å². The Morgan fingerprint density at radius 3 is 2.52 bits per heavy atom. The highest BCUT2D eigenvalue weighted by Crippen LogP contribution is 2.38. The van der Waals surface area contributed by atoms with E-state index in [0.29, 0.717) is 59.2 Å². The number of aryl methyl sites for hydroxylation is 2. The molecule has 0 spiro atoms. The maximum Gasteiger partial charge on any atom is 0.240 e. The molecule has 1 aliphatic carbocycles. The molecule has 0 atom stereocenters. The van der Waals surface area contributed by atoms with Crippen molar-refractivity contribution in [3.05, 3.63) is 71.6 Å². The van der Waals surface area contributed by atoms with Gasteiger partial charge in [-0.05, 0) is 94.4 Å². The first-order valence-electron chi connectivity index (χ1n) is 15.7. The zero-order valence-corrected chi connectivity index (χ0v) is 26.6. The molecule has 2 N–H and O–H groups in total. The van der Waals surface area contributed by atoms with Crippen molar-refractivity contribution in [2.45, 2.75) is 51.0 Å². The number of hydrogen-bond donors (Lipinski definition) is 2. The number of nitrogens with zero attached hydrogens (tertiary/aromatic N) is 5. The van der Waals surface area contributed by atoms with Crippen LogP contribution in [0.5, 0.6) is 0 Å². The van der Waals surface area contributed by atoms with Crippen molar-refractivity contribution in [3.63, 3.8) is 0 Å². The maximum atomic E-state index is 14.2. The van der Waals surface area contributed by atoms with Crippen LogP contribution in [0.25, 0.3) is 33.3 Å². The highest BCUT2D eigenvalue weighted by molar-refractivity contribution is 7.89. The van der Waals surface area contributed by atoms with E-state index in [1.165, 1.54) is 12.1 Å². The predicted molar refractivity (Wildman–Crippen MR) is 170 cm³/mol. The summed E-state index contributed by atoms with van der Waals surface area (Å²) in [7, 11) is -3.64. The number of rotatable bonds is 11. The van der Waals surface area contributed by atoms with Crippen LogP contribution in [0.2, 0.25) is 0 Å². The lowest BCUT2D eigenvalue weighted by Gasteiger charge is -2.31. The van der Waals surface area contributed by atoms with Gasteiger partial charge in [0.2, 0.25) is 10.0 Å². The molecule has 1 saturated heterocycles. The highest BCUT2D eigenvalue weighted by Gasteiger charge is 2.34. The number of piperidine rings is 1. The number of aromatic amines is 1. The number of likely N-dealkylation sites (tertiary alicyclic amines) is 1. The summed E-state index contributed by atoms with van der Waals surface area (Å²) in [5, 5.41) is 13.4. The number of Topliss-reactive ketones (excluding diaryl/α,β-unsaturated/α-hetero) is 1. The zero-order valence-electron chi connectivity index (χ0n) is 25.8. The minimum atomic E-state index is -3.64. The number of benzene rings is 2. The van der Waals surface area contributed by atoms with Gasteiger partial charge in [0.25, 0.3) is 0 Å². The van der Waals surface area contributed by atoms with Crippen LogP contribution < -0.4 is 4.72 Å². The molecule has 4 heterocycles. The van der Waals surface area contributed by atoms with Crippen LogP contribution in [0, 0.1) is 31.5 Å². The number of nitrogens with one attached hydrogen (secondary N) is 2. The maximum absolute atomic E-state index is 14.2. The molecule has 7 rings (SSSR count). The summed E-state index contributed by atoms with van der Waals surface area (Å²) < 4.78 is 49.8. The van der Waals surface area contributed by atoms with Crippen LogP contribution in [0.4, 0.5) is 4.39 Å². The van der Waals surface area contributed by atoms with Crippen molar-refractivity contribution < 1.29 is 22.1 Å². The Balaban J connectivity index is 0.926. The van der Waals surface area contributed by atoms with Crippen LogP contribution >= 0.6 is 0 Å². The molecular formula is C33H36FN7O4S. The van der Waals surface area contributed by atoms with Gasteiger partial charge in [0.15, 0.2) is 5.78 Å². The van der Waals surface area contributed by atoms with Crippen molar-refractivity contribution in [1.29, 1.82) is 0 Å². The fourth-order valence-corrected chi connectivity index (χ4v) is 7.46. The number of fused-ring (bicyclic) bond motifs is 1. The van der Waals surface area contributed by atoms with Crippen LogP contribution in [-0.4, -0.2) is 70.4 Å². The van der Waals surface area contributed by atoms with Crippen molar-refractivity contribution in [1.82, 2.24) is 34.8 Å². The van der Waals surface area contributed by atoms with Crippen LogP contribution in [-0.2, 0) is 16.6 Å². The zero-order chi connectivity index (χ0) is 32.0. The van der Waals surface area contributed by atoms with Gasteiger partial charge in [0.1, 0.15) is 17.3 Å². The van der Waals surface area contributed by atoms with E-state index in [1.54, 1.807) is 30.3 Å².